The number of nitro benzene ring substituents is 1. The highest BCUT2D eigenvalue weighted by atomic mass is 16.6. The zero-order valence-corrected chi connectivity index (χ0v) is 9.40. The monoisotopic (exact) mass is 250 g/mol. The van der Waals surface area contributed by atoms with Gasteiger partial charge in [-0.1, -0.05) is 0 Å². The van der Waals surface area contributed by atoms with Crippen molar-refractivity contribution in [1.29, 1.82) is 0 Å². The summed E-state index contributed by atoms with van der Waals surface area (Å²) in [5.74, 6) is 0. The number of nitro groups is 1. The van der Waals surface area contributed by atoms with Gasteiger partial charge in [0, 0.05) is 19.2 Å². The minimum atomic E-state index is -0.418. The predicted octanol–water partition coefficient (Wildman–Crippen LogP) is 0.968. The van der Waals surface area contributed by atoms with Crippen molar-refractivity contribution in [2.75, 3.05) is 31.2 Å². The van der Waals surface area contributed by atoms with Crippen LogP contribution in [0.5, 0.6) is 0 Å². The van der Waals surface area contributed by atoms with Crippen LogP contribution in [0.4, 0.5) is 11.4 Å². The Bertz CT molecular complexity index is 591. The molecule has 94 valence electrons. The number of anilines is 1. The maximum absolute atomic E-state index is 11.1. The highest BCUT2D eigenvalue weighted by Gasteiger charge is 2.26. The molecule has 18 heavy (non-hydrogen) atoms. The van der Waals surface area contributed by atoms with Crippen molar-refractivity contribution in [3.05, 3.63) is 22.2 Å². The Labute approximate surface area is 101 Å². The van der Waals surface area contributed by atoms with E-state index >= 15 is 0 Å². The van der Waals surface area contributed by atoms with Crippen molar-refractivity contribution < 1.29 is 14.3 Å². The van der Waals surface area contributed by atoms with E-state index in [9.17, 15) is 10.1 Å². The van der Waals surface area contributed by atoms with Gasteiger partial charge in [-0.25, -0.2) is 4.63 Å². The molecule has 0 aliphatic carbocycles. The summed E-state index contributed by atoms with van der Waals surface area (Å²) in [6.45, 7) is 2.26. The number of fused-ring (bicyclic) bond motifs is 1. The molecule has 0 atom stereocenters. The molecular formula is C10H10N4O4. The van der Waals surface area contributed by atoms with E-state index in [1.54, 1.807) is 0 Å². The van der Waals surface area contributed by atoms with Gasteiger partial charge in [-0.05, 0) is 16.4 Å². The molecule has 0 spiro atoms. The fourth-order valence-electron chi connectivity index (χ4n) is 2.07. The average molecular weight is 250 g/mol. The number of ether oxygens (including phenoxy) is 1. The first-order chi connectivity index (χ1) is 8.77. The first-order valence-electron chi connectivity index (χ1n) is 5.50. The summed E-state index contributed by atoms with van der Waals surface area (Å²) in [5, 5.41) is 18.6. The highest BCUT2D eigenvalue weighted by molar-refractivity contribution is 5.93. The number of hydrogen-bond acceptors (Lipinski definition) is 7. The lowest BCUT2D eigenvalue weighted by Crippen LogP contribution is -2.36. The van der Waals surface area contributed by atoms with Crippen LogP contribution in [0.25, 0.3) is 11.0 Å². The van der Waals surface area contributed by atoms with Crippen molar-refractivity contribution in [1.82, 2.24) is 10.3 Å². The number of aromatic nitrogens is 2. The fourth-order valence-corrected chi connectivity index (χ4v) is 2.07. The standard InChI is InChI=1S/C10H10N4O4/c15-14(16)8-2-1-7-9(12-18-11-7)10(8)13-3-5-17-6-4-13/h1-2H,3-6H2. The maximum Gasteiger partial charge on any atom is 0.295 e. The van der Waals surface area contributed by atoms with Gasteiger partial charge in [0.15, 0.2) is 5.52 Å². The van der Waals surface area contributed by atoms with Crippen LogP contribution in [0, 0.1) is 10.1 Å². The molecule has 1 aromatic heterocycles. The highest BCUT2D eigenvalue weighted by Crippen LogP contribution is 2.34. The van der Waals surface area contributed by atoms with Crippen LogP contribution in [0.1, 0.15) is 0 Å². The van der Waals surface area contributed by atoms with Crippen molar-refractivity contribution in [3.8, 4) is 0 Å². The smallest absolute Gasteiger partial charge is 0.295 e. The SMILES string of the molecule is O=[N+]([O-])c1ccc2nonc2c1N1CCOCC1. The topological polar surface area (TPSA) is 94.5 Å². The van der Waals surface area contributed by atoms with Crippen LogP contribution in [-0.2, 0) is 4.74 Å². The Balaban J connectivity index is 2.18. The van der Waals surface area contributed by atoms with E-state index in [1.807, 2.05) is 4.90 Å². The molecular weight excluding hydrogens is 240 g/mol. The van der Waals surface area contributed by atoms with Crippen molar-refractivity contribution in [3.63, 3.8) is 0 Å². The molecule has 1 aromatic carbocycles. The zero-order chi connectivity index (χ0) is 12.5. The lowest BCUT2D eigenvalue weighted by molar-refractivity contribution is -0.384. The number of hydrogen-bond donors (Lipinski definition) is 0. The Hall–Kier alpha value is -2.22. The number of rotatable bonds is 2. The summed E-state index contributed by atoms with van der Waals surface area (Å²) in [4.78, 5) is 12.6. The second kappa shape index (κ2) is 4.22. The number of benzene rings is 1. The minimum absolute atomic E-state index is 0.0140. The molecule has 8 nitrogen and oxygen atoms in total. The Kier molecular flexibility index (Phi) is 2.56. The zero-order valence-electron chi connectivity index (χ0n) is 9.40. The average Bonchev–Trinajstić information content (AvgIpc) is 2.86. The van der Waals surface area contributed by atoms with Crippen molar-refractivity contribution in [2.45, 2.75) is 0 Å². The van der Waals surface area contributed by atoms with Crippen LogP contribution < -0.4 is 4.90 Å². The van der Waals surface area contributed by atoms with Crippen LogP contribution in [0.2, 0.25) is 0 Å². The van der Waals surface area contributed by atoms with E-state index in [4.69, 9.17) is 4.74 Å². The first kappa shape index (κ1) is 10.9. The largest absolute Gasteiger partial charge is 0.378 e. The Morgan fingerprint density at radius 2 is 2.06 bits per heavy atom. The van der Waals surface area contributed by atoms with Gasteiger partial charge >= 0.3 is 0 Å². The van der Waals surface area contributed by atoms with Gasteiger partial charge < -0.3 is 9.64 Å². The molecule has 0 amide bonds. The third-order valence-corrected chi connectivity index (χ3v) is 2.90. The van der Waals surface area contributed by atoms with Crippen LogP contribution in [0.3, 0.4) is 0 Å². The van der Waals surface area contributed by atoms with E-state index in [2.05, 4.69) is 14.9 Å². The van der Waals surface area contributed by atoms with Crippen LogP contribution >= 0.6 is 0 Å². The minimum Gasteiger partial charge on any atom is -0.378 e. The molecule has 0 radical (unpaired) electrons. The second-order valence-electron chi connectivity index (χ2n) is 3.92. The summed E-state index contributed by atoms with van der Waals surface area (Å²) in [7, 11) is 0. The summed E-state index contributed by atoms with van der Waals surface area (Å²) >= 11 is 0. The van der Waals surface area contributed by atoms with Gasteiger partial charge in [-0.2, -0.15) is 0 Å². The Morgan fingerprint density at radius 1 is 1.28 bits per heavy atom. The molecule has 1 aliphatic rings. The summed E-state index contributed by atoms with van der Waals surface area (Å²) in [6.07, 6.45) is 0. The van der Waals surface area contributed by atoms with E-state index < -0.39 is 4.92 Å². The van der Waals surface area contributed by atoms with Crippen molar-refractivity contribution >= 4 is 22.4 Å². The second-order valence-corrected chi connectivity index (χ2v) is 3.92. The molecule has 2 heterocycles. The summed E-state index contributed by atoms with van der Waals surface area (Å²) in [5.41, 5.74) is 1.41. The van der Waals surface area contributed by atoms with Crippen LogP contribution in [0.15, 0.2) is 16.8 Å². The van der Waals surface area contributed by atoms with Gasteiger partial charge in [-0.15, -0.1) is 0 Å². The fraction of sp³-hybridized carbons (Fsp3) is 0.400. The van der Waals surface area contributed by atoms with Gasteiger partial charge in [0.05, 0.1) is 18.1 Å². The quantitative estimate of drug-likeness (QED) is 0.578. The summed E-state index contributed by atoms with van der Waals surface area (Å²) < 4.78 is 9.89. The lowest BCUT2D eigenvalue weighted by Gasteiger charge is -2.28. The summed E-state index contributed by atoms with van der Waals surface area (Å²) in [6, 6.07) is 2.96. The van der Waals surface area contributed by atoms with E-state index in [0.29, 0.717) is 43.0 Å². The molecule has 1 fully saturated rings. The normalized spacial score (nSPS) is 16.1. The first-order valence-corrected chi connectivity index (χ1v) is 5.50. The van der Waals surface area contributed by atoms with E-state index in [-0.39, 0.29) is 5.69 Å². The number of nitrogens with zero attached hydrogens (tertiary/aromatic N) is 4. The molecule has 8 heteroatoms. The van der Waals surface area contributed by atoms with Gasteiger partial charge in [0.2, 0.25) is 0 Å². The van der Waals surface area contributed by atoms with E-state index in [1.165, 1.54) is 12.1 Å². The van der Waals surface area contributed by atoms with E-state index in [0.717, 1.165) is 0 Å². The number of morpholine rings is 1. The molecule has 3 rings (SSSR count). The molecule has 0 N–H and O–H groups in total. The Morgan fingerprint density at radius 3 is 2.78 bits per heavy atom. The third-order valence-electron chi connectivity index (χ3n) is 2.90. The van der Waals surface area contributed by atoms with Gasteiger partial charge in [0.25, 0.3) is 5.69 Å². The van der Waals surface area contributed by atoms with Gasteiger partial charge in [0.1, 0.15) is 11.2 Å². The molecule has 1 aliphatic heterocycles. The van der Waals surface area contributed by atoms with Crippen LogP contribution in [-0.4, -0.2) is 41.5 Å². The molecule has 0 unspecified atom stereocenters. The van der Waals surface area contributed by atoms with Gasteiger partial charge in [-0.3, -0.25) is 10.1 Å². The predicted molar refractivity (Wildman–Crippen MR) is 61.5 cm³/mol. The molecule has 2 aromatic rings. The lowest BCUT2D eigenvalue weighted by atomic mass is 10.2. The third kappa shape index (κ3) is 1.66. The van der Waals surface area contributed by atoms with Crippen molar-refractivity contribution in [2.24, 2.45) is 0 Å². The maximum atomic E-state index is 11.1. The molecule has 1 saturated heterocycles. The molecule has 0 saturated carbocycles. The molecule has 0 bridgehead atoms.